The zero-order valence-electron chi connectivity index (χ0n) is 15.9. The van der Waals surface area contributed by atoms with Crippen molar-refractivity contribution in [1.82, 2.24) is 4.90 Å². The fraction of sp³-hybridized carbons (Fsp3) is 0.130. The molecule has 0 aromatic heterocycles. The van der Waals surface area contributed by atoms with Crippen molar-refractivity contribution in [3.05, 3.63) is 103 Å². The van der Waals surface area contributed by atoms with Gasteiger partial charge in [0.1, 0.15) is 11.7 Å². The minimum Gasteiger partial charge on any atom is -0.481 e. The molecule has 0 saturated carbocycles. The molecule has 0 aliphatic carbocycles. The van der Waals surface area contributed by atoms with Crippen LogP contribution in [0.5, 0.6) is 0 Å². The first-order valence-corrected chi connectivity index (χ1v) is 10.8. The molecule has 0 bridgehead atoms. The van der Waals surface area contributed by atoms with Gasteiger partial charge in [-0.1, -0.05) is 69.5 Å². The van der Waals surface area contributed by atoms with Gasteiger partial charge in [-0.25, -0.2) is 4.39 Å². The van der Waals surface area contributed by atoms with E-state index in [1.54, 1.807) is 48.5 Å². The zero-order valence-corrected chi connectivity index (χ0v) is 19.0. The number of hydrogen-bond donors (Lipinski definition) is 1. The van der Waals surface area contributed by atoms with Gasteiger partial charge >= 0.3 is 5.97 Å². The Morgan fingerprint density at radius 1 is 1.06 bits per heavy atom. The summed E-state index contributed by atoms with van der Waals surface area (Å²) in [6, 6.07) is 14.8. The molecule has 1 aliphatic heterocycles. The molecule has 0 spiro atoms. The number of hydrogen-bond acceptors (Lipinski definition) is 2. The minimum absolute atomic E-state index is 0.125. The number of fused-ring (bicyclic) bond motifs is 1. The summed E-state index contributed by atoms with van der Waals surface area (Å²) in [6.07, 6.45) is 0. The Morgan fingerprint density at radius 3 is 2.48 bits per heavy atom. The molecule has 4 nitrogen and oxygen atoms in total. The van der Waals surface area contributed by atoms with Crippen molar-refractivity contribution in [2.24, 2.45) is 0 Å². The zero-order chi connectivity index (χ0) is 22.3. The summed E-state index contributed by atoms with van der Waals surface area (Å²) in [4.78, 5) is 27.2. The molecule has 1 amide bonds. The first-order valence-electron chi connectivity index (χ1n) is 9.29. The van der Waals surface area contributed by atoms with Crippen LogP contribution in [0.4, 0.5) is 4.39 Å². The molecule has 8 heteroatoms. The minimum atomic E-state index is -1.11. The van der Waals surface area contributed by atoms with Crippen LogP contribution >= 0.6 is 39.1 Å². The average molecular weight is 523 g/mol. The molecule has 31 heavy (non-hydrogen) atoms. The topological polar surface area (TPSA) is 57.6 Å². The quantitative estimate of drug-likeness (QED) is 0.427. The SMILES string of the molecule is O=C(O)C1c2ccccc2C(=O)N(Cc2ccc(Br)cc2F)C1c1ccc(Cl)cc1Cl. The first kappa shape index (κ1) is 21.8. The van der Waals surface area contributed by atoms with E-state index in [4.69, 9.17) is 23.2 Å². The number of rotatable bonds is 4. The Morgan fingerprint density at radius 2 is 1.81 bits per heavy atom. The molecule has 3 aromatic rings. The van der Waals surface area contributed by atoms with Crippen LogP contribution in [-0.2, 0) is 11.3 Å². The molecule has 3 aromatic carbocycles. The Kier molecular flexibility index (Phi) is 6.06. The molecule has 0 fully saturated rings. The number of carbonyl (C=O) groups is 2. The highest BCUT2D eigenvalue weighted by atomic mass is 79.9. The molecule has 158 valence electrons. The molecule has 1 aliphatic rings. The number of carboxylic acid groups (broad SMARTS) is 1. The van der Waals surface area contributed by atoms with Crippen LogP contribution < -0.4 is 0 Å². The highest BCUT2D eigenvalue weighted by Gasteiger charge is 2.45. The Balaban J connectivity index is 1.92. The van der Waals surface area contributed by atoms with E-state index in [-0.39, 0.29) is 22.7 Å². The fourth-order valence-corrected chi connectivity index (χ4v) is 4.81. The van der Waals surface area contributed by atoms with Gasteiger partial charge in [-0.05, 0) is 41.5 Å². The third-order valence-corrected chi connectivity index (χ3v) is 6.40. The van der Waals surface area contributed by atoms with Crippen molar-refractivity contribution in [2.45, 2.75) is 18.5 Å². The van der Waals surface area contributed by atoms with Crippen LogP contribution in [0.1, 0.15) is 39.0 Å². The summed E-state index contributed by atoms with van der Waals surface area (Å²) in [5, 5.41) is 10.8. The van der Waals surface area contributed by atoms with Crippen LogP contribution in [0.3, 0.4) is 0 Å². The summed E-state index contributed by atoms with van der Waals surface area (Å²) in [5.74, 6) is -3.11. The summed E-state index contributed by atoms with van der Waals surface area (Å²) >= 11 is 15.7. The first-order chi connectivity index (χ1) is 14.8. The van der Waals surface area contributed by atoms with Gasteiger partial charge < -0.3 is 10.0 Å². The largest absolute Gasteiger partial charge is 0.481 e. The third kappa shape index (κ3) is 4.07. The van der Waals surface area contributed by atoms with Crippen LogP contribution in [0.2, 0.25) is 10.0 Å². The van der Waals surface area contributed by atoms with Gasteiger partial charge in [0.05, 0.1) is 6.04 Å². The Hall–Kier alpha value is -2.41. The Labute approximate surface area is 196 Å². The van der Waals surface area contributed by atoms with Crippen molar-refractivity contribution in [2.75, 3.05) is 0 Å². The number of amides is 1. The normalized spacial score (nSPS) is 18.1. The van der Waals surface area contributed by atoms with Gasteiger partial charge in [0, 0.05) is 32.2 Å². The molecule has 4 rings (SSSR count). The van der Waals surface area contributed by atoms with E-state index in [1.807, 2.05) is 0 Å². The summed E-state index contributed by atoms with van der Waals surface area (Å²) in [7, 11) is 0. The van der Waals surface area contributed by atoms with E-state index in [0.717, 1.165) is 0 Å². The number of carboxylic acids is 1. The number of nitrogens with zero attached hydrogens (tertiary/aromatic N) is 1. The summed E-state index contributed by atoms with van der Waals surface area (Å²) in [6.45, 7) is -0.125. The predicted octanol–water partition coefficient (Wildman–Crippen LogP) is 6.46. The van der Waals surface area contributed by atoms with Gasteiger partial charge in [-0.15, -0.1) is 0 Å². The van der Waals surface area contributed by atoms with E-state index in [0.29, 0.717) is 20.6 Å². The lowest BCUT2D eigenvalue weighted by Crippen LogP contribution is -2.44. The van der Waals surface area contributed by atoms with Crippen LogP contribution in [0, 0.1) is 5.82 Å². The van der Waals surface area contributed by atoms with Gasteiger partial charge in [-0.3, -0.25) is 9.59 Å². The Bertz CT molecular complexity index is 1200. The van der Waals surface area contributed by atoms with Gasteiger partial charge in [0.15, 0.2) is 0 Å². The molecule has 0 saturated heterocycles. The molecule has 1 heterocycles. The van der Waals surface area contributed by atoms with Gasteiger partial charge in [0.25, 0.3) is 5.91 Å². The lowest BCUT2D eigenvalue weighted by Gasteiger charge is -2.41. The second kappa shape index (κ2) is 8.61. The molecule has 2 atom stereocenters. The predicted molar refractivity (Wildman–Crippen MR) is 120 cm³/mol. The van der Waals surface area contributed by atoms with Gasteiger partial charge in [-0.2, -0.15) is 0 Å². The van der Waals surface area contributed by atoms with Crippen LogP contribution in [0.15, 0.2) is 65.1 Å². The van der Waals surface area contributed by atoms with Crippen molar-refractivity contribution in [3.8, 4) is 0 Å². The second-order valence-corrected chi connectivity index (χ2v) is 8.94. The second-order valence-electron chi connectivity index (χ2n) is 7.18. The van der Waals surface area contributed by atoms with E-state index in [2.05, 4.69) is 15.9 Å². The number of aliphatic carboxylic acids is 1. The molecular formula is C23H15BrCl2FNO3. The van der Waals surface area contributed by atoms with E-state index in [1.165, 1.54) is 17.0 Å². The number of benzene rings is 3. The average Bonchev–Trinajstić information content (AvgIpc) is 2.71. The highest BCUT2D eigenvalue weighted by molar-refractivity contribution is 9.10. The number of halogens is 4. The molecule has 2 unspecified atom stereocenters. The molecule has 0 radical (unpaired) electrons. The van der Waals surface area contributed by atoms with Gasteiger partial charge in [0.2, 0.25) is 0 Å². The maximum Gasteiger partial charge on any atom is 0.313 e. The van der Waals surface area contributed by atoms with E-state index < -0.39 is 29.7 Å². The van der Waals surface area contributed by atoms with Crippen molar-refractivity contribution in [3.63, 3.8) is 0 Å². The lowest BCUT2D eigenvalue weighted by atomic mass is 9.79. The summed E-state index contributed by atoms with van der Waals surface area (Å²) in [5.41, 5.74) is 1.35. The van der Waals surface area contributed by atoms with Crippen molar-refractivity contribution >= 4 is 51.0 Å². The standard InChI is InChI=1S/C23H15BrCl2FNO3/c24-13-6-5-12(19(27)9-13)11-28-21(17-8-7-14(25)10-18(17)26)20(23(30)31)15-3-1-2-4-16(15)22(28)29/h1-10,20-21H,11H2,(H,30,31). The van der Waals surface area contributed by atoms with Crippen LogP contribution in [-0.4, -0.2) is 21.9 Å². The molecular weight excluding hydrogens is 508 g/mol. The summed E-state index contributed by atoms with van der Waals surface area (Å²) < 4.78 is 15.2. The maximum absolute atomic E-state index is 14.6. The maximum atomic E-state index is 14.6. The van der Waals surface area contributed by atoms with Crippen molar-refractivity contribution < 1.29 is 19.1 Å². The van der Waals surface area contributed by atoms with Crippen LogP contribution in [0.25, 0.3) is 0 Å². The van der Waals surface area contributed by atoms with Crippen molar-refractivity contribution in [1.29, 1.82) is 0 Å². The number of carbonyl (C=O) groups excluding carboxylic acids is 1. The molecule has 1 N–H and O–H groups in total. The third-order valence-electron chi connectivity index (χ3n) is 5.34. The smallest absolute Gasteiger partial charge is 0.313 e. The fourth-order valence-electron chi connectivity index (χ4n) is 3.95. The van der Waals surface area contributed by atoms with E-state index >= 15 is 0 Å². The lowest BCUT2D eigenvalue weighted by molar-refractivity contribution is -0.140. The monoisotopic (exact) mass is 521 g/mol. The highest BCUT2D eigenvalue weighted by Crippen LogP contribution is 2.46. The van der Waals surface area contributed by atoms with E-state index in [9.17, 15) is 19.1 Å².